The van der Waals surface area contributed by atoms with E-state index in [-0.39, 0.29) is 35.2 Å². The lowest BCUT2D eigenvalue weighted by molar-refractivity contribution is -0.137. The Balaban J connectivity index is 1.87. The van der Waals surface area contributed by atoms with E-state index >= 15 is 8.78 Å². The van der Waals surface area contributed by atoms with Gasteiger partial charge in [0.05, 0.1) is 16.8 Å². The van der Waals surface area contributed by atoms with Gasteiger partial charge < -0.3 is 20.1 Å². The van der Waals surface area contributed by atoms with Gasteiger partial charge in [0.1, 0.15) is 17.2 Å². The molecule has 0 radical (unpaired) electrons. The number of carbonyl (C=O) groups excluding carboxylic acids is 1. The summed E-state index contributed by atoms with van der Waals surface area (Å²) in [4.78, 5) is 36.0. The third kappa shape index (κ3) is 6.01. The zero-order valence-corrected chi connectivity index (χ0v) is 22.8. The predicted octanol–water partition coefficient (Wildman–Crippen LogP) is 4.72. The van der Waals surface area contributed by atoms with Gasteiger partial charge in [-0.3, -0.25) is 14.5 Å². The number of carbonyl (C=O) groups is 1. The molecule has 1 aromatic carbocycles. The minimum atomic E-state index is -4.93. The van der Waals surface area contributed by atoms with Crippen LogP contribution in [0.25, 0.3) is 11.1 Å². The first-order chi connectivity index (χ1) is 19.1. The molecule has 0 saturated carbocycles. The second-order valence-corrected chi connectivity index (χ2v) is 10.2. The molecule has 1 aliphatic heterocycles. The maximum absolute atomic E-state index is 16.2. The fourth-order valence-corrected chi connectivity index (χ4v) is 4.75. The second-order valence-electron chi connectivity index (χ2n) is 10.2. The molecule has 2 aromatic heterocycles. The molecule has 1 aliphatic rings. The van der Waals surface area contributed by atoms with Crippen LogP contribution in [0.2, 0.25) is 0 Å². The summed E-state index contributed by atoms with van der Waals surface area (Å²) in [5.41, 5.74) is -4.96. The Morgan fingerprint density at radius 3 is 2.24 bits per heavy atom. The summed E-state index contributed by atoms with van der Waals surface area (Å²) in [6.45, 7) is 4.40. The molecule has 1 amide bonds. The number of nitrogens with one attached hydrogen (secondary N) is 2. The standard InChI is InChI=1S/C27H28F6N6O2/c1-13-11-39(12-14(2)38(13)5)20-9-17(28)22(15-6-18(29)25(34-10-15)37(3)4)23(30)24(20)36-26(41)19-7-16(27(31,32)33)8-21(40)35-19/h6-10,13-14H,11-12H2,1-5H3,(H,35,40)(H,36,41)/t13-,14+. The minimum Gasteiger partial charge on any atom is -0.367 e. The molecule has 0 spiro atoms. The molecule has 0 bridgehead atoms. The molecule has 8 nitrogen and oxygen atoms in total. The predicted molar refractivity (Wildman–Crippen MR) is 143 cm³/mol. The first kappa shape index (κ1) is 29.9. The Bertz CT molecular complexity index is 1530. The lowest BCUT2D eigenvalue weighted by atomic mass is 10.0. The average Bonchev–Trinajstić information content (AvgIpc) is 2.87. The Labute approximate surface area is 231 Å². The highest BCUT2D eigenvalue weighted by Crippen LogP contribution is 2.40. The van der Waals surface area contributed by atoms with Crippen molar-refractivity contribution in [1.29, 1.82) is 0 Å². The number of alkyl halides is 3. The Hall–Kier alpha value is -4.07. The molecule has 3 aromatic rings. The third-order valence-electron chi connectivity index (χ3n) is 7.09. The quantitative estimate of drug-likeness (QED) is 0.424. The van der Waals surface area contributed by atoms with Gasteiger partial charge in [-0.2, -0.15) is 13.2 Å². The van der Waals surface area contributed by atoms with Crippen molar-refractivity contribution < 1.29 is 31.1 Å². The zero-order chi connectivity index (χ0) is 30.4. The number of rotatable bonds is 5. The molecule has 1 saturated heterocycles. The molecule has 220 valence electrons. The van der Waals surface area contributed by atoms with Gasteiger partial charge in [-0.25, -0.2) is 18.2 Å². The van der Waals surface area contributed by atoms with Crippen LogP contribution in [-0.4, -0.2) is 67.1 Å². The van der Waals surface area contributed by atoms with Crippen molar-refractivity contribution in [2.45, 2.75) is 32.1 Å². The van der Waals surface area contributed by atoms with Crippen molar-refractivity contribution in [1.82, 2.24) is 14.9 Å². The number of likely N-dealkylation sites (N-methyl/N-ethyl adjacent to an activating group) is 1. The number of H-pyrrole nitrogens is 1. The van der Waals surface area contributed by atoms with Crippen LogP contribution in [0.5, 0.6) is 0 Å². The number of anilines is 3. The van der Waals surface area contributed by atoms with Gasteiger partial charge in [-0.15, -0.1) is 0 Å². The summed E-state index contributed by atoms with van der Waals surface area (Å²) in [5.74, 6) is -4.56. The molecule has 2 N–H and O–H groups in total. The molecule has 1 fully saturated rings. The molecular weight excluding hydrogens is 554 g/mol. The molecule has 0 aliphatic carbocycles. The van der Waals surface area contributed by atoms with E-state index in [9.17, 15) is 27.2 Å². The van der Waals surface area contributed by atoms with Crippen molar-refractivity contribution >= 4 is 23.1 Å². The van der Waals surface area contributed by atoms with Gasteiger partial charge in [0.2, 0.25) is 5.56 Å². The van der Waals surface area contributed by atoms with Crippen molar-refractivity contribution in [3.05, 3.63) is 69.5 Å². The van der Waals surface area contributed by atoms with Gasteiger partial charge >= 0.3 is 6.18 Å². The van der Waals surface area contributed by atoms with Crippen LogP contribution < -0.4 is 20.7 Å². The highest BCUT2D eigenvalue weighted by atomic mass is 19.4. The number of aromatic nitrogens is 2. The minimum absolute atomic E-state index is 0.0650. The first-order valence-electron chi connectivity index (χ1n) is 12.5. The Morgan fingerprint density at radius 2 is 1.68 bits per heavy atom. The van der Waals surface area contributed by atoms with Crippen molar-refractivity contribution in [3.63, 3.8) is 0 Å². The molecular formula is C27H28F6N6O2. The topological polar surface area (TPSA) is 84.6 Å². The summed E-state index contributed by atoms with van der Waals surface area (Å²) < 4.78 is 86.3. The fraction of sp³-hybridized carbons (Fsp3) is 0.370. The summed E-state index contributed by atoms with van der Waals surface area (Å²) in [7, 11) is 4.96. The van der Waals surface area contributed by atoms with Gasteiger partial charge in [-0.1, -0.05) is 0 Å². The summed E-state index contributed by atoms with van der Waals surface area (Å²) in [6.07, 6.45) is -3.86. The Morgan fingerprint density at radius 1 is 1.05 bits per heavy atom. The highest BCUT2D eigenvalue weighted by molar-refractivity contribution is 6.05. The molecule has 4 rings (SSSR count). The molecule has 14 heteroatoms. The van der Waals surface area contributed by atoms with Crippen LogP contribution in [0.3, 0.4) is 0 Å². The number of hydrogen-bond acceptors (Lipinski definition) is 6. The molecule has 3 heterocycles. The Kier molecular flexibility index (Phi) is 8.07. The van der Waals surface area contributed by atoms with Crippen molar-refractivity contribution in [3.8, 4) is 11.1 Å². The molecule has 2 atom stereocenters. The number of amides is 1. The number of hydrogen-bond donors (Lipinski definition) is 2. The number of piperazine rings is 1. The monoisotopic (exact) mass is 582 g/mol. The maximum atomic E-state index is 16.2. The average molecular weight is 583 g/mol. The van der Waals surface area contributed by atoms with E-state index in [2.05, 4.69) is 15.2 Å². The summed E-state index contributed by atoms with van der Waals surface area (Å²) >= 11 is 0. The van der Waals surface area contributed by atoms with Crippen LogP contribution in [0.1, 0.15) is 29.9 Å². The number of aromatic amines is 1. The van der Waals surface area contributed by atoms with Crippen LogP contribution in [0, 0.1) is 17.5 Å². The van der Waals surface area contributed by atoms with E-state index in [4.69, 9.17) is 0 Å². The number of nitrogens with zero attached hydrogens (tertiary/aromatic N) is 4. The second kappa shape index (κ2) is 11.1. The fourth-order valence-electron chi connectivity index (χ4n) is 4.75. The van der Waals surface area contributed by atoms with E-state index in [0.717, 1.165) is 18.3 Å². The normalized spacial score (nSPS) is 18.0. The molecule has 0 unspecified atom stereocenters. The number of halogens is 6. The van der Waals surface area contributed by atoms with E-state index < -0.39 is 57.6 Å². The zero-order valence-electron chi connectivity index (χ0n) is 22.8. The van der Waals surface area contributed by atoms with Crippen molar-refractivity contribution in [2.75, 3.05) is 49.3 Å². The maximum Gasteiger partial charge on any atom is 0.416 e. The SMILES string of the molecule is C[C@@H]1CN(c2cc(F)c(-c3cnc(N(C)C)c(F)c3)c(F)c2NC(=O)c2cc(C(F)(F)F)cc(=O)[nH]2)C[C@H](C)N1C. The largest absolute Gasteiger partial charge is 0.416 e. The first-order valence-corrected chi connectivity index (χ1v) is 12.5. The third-order valence-corrected chi connectivity index (χ3v) is 7.09. The van der Waals surface area contributed by atoms with Crippen LogP contribution in [0.4, 0.5) is 43.5 Å². The van der Waals surface area contributed by atoms with Gasteiger partial charge in [0.25, 0.3) is 5.91 Å². The van der Waals surface area contributed by atoms with Gasteiger partial charge in [0, 0.05) is 63.2 Å². The van der Waals surface area contributed by atoms with E-state index in [1.165, 1.54) is 19.0 Å². The van der Waals surface area contributed by atoms with E-state index in [1.54, 1.807) is 4.90 Å². The number of benzene rings is 1. The number of pyridine rings is 2. The van der Waals surface area contributed by atoms with Crippen LogP contribution in [-0.2, 0) is 6.18 Å². The lowest BCUT2D eigenvalue weighted by Gasteiger charge is -2.44. The summed E-state index contributed by atoms with van der Waals surface area (Å²) in [5, 5.41) is 2.23. The smallest absolute Gasteiger partial charge is 0.367 e. The lowest BCUT2D eigenvalue weighted by Crippen LogP contribution is -2.55. The molecule has 41 heavy (non-hydrogen) atoms. The van der Waals surface area contributed by atoms with Crippen LogP contribution in [0.15, 0.2) is 35.3 Å². The van der Waals surface area contributed by atoms with E-state index in [1.807, 2.05) is 25.9 Å². The van der Waals surface area contributed by atoms with Gasteiger partial charge in [-0.05, 0) is 33.0 Å². The van der Waals surface area contributed by atoms with Crippen LogP contribution >= 0.6 is 0 Å². The van der Waals surface area contributed by atoms with Gasteiger partial charge in [0.15, 0.2) is 17.5 Å². The van der Waals surface area contributed by atoms with Crippen molar-refractivity contribution in [2.24, 2.45) is 0 Å². The summed E-state index contributed by atoms with van der Waals surface area (Å²) in [6, 6.07) is 2.43. The van der Waals surface area contributed by atoms with E-state index in [0.29, 0.717) is 19.2 Å². The highest BCUT2D eigenvalue weighted by Gasteiger charge is 2.34.